The second kappa shape index (κ2) is 4.17. The molecule has 1 aromatic rings. The molecule has 2 nitrogen and oxygen atoms in total. The fourth-order valence-electron chi connectivity index (χ4n) is 0.781. The number of nitrogens with zero attached hydrogens (tertiary/aromatic N) is 2. The lowest BCUT2D eigenvalue weighted by Gasteiger charge is -1.94. The third-order valence-electron chi connectivity index (χ3n) is 1.35. The quantitative estimate of drug-likeness (QED) is 0.583. The summed E-state index contributed by atoms with van der Waals surface area (Å²) in [6, 6.07) is 8.38. The van der Waals surface area contributed by atoms with Crippen molar-refractivity contribution in [3.05, 3.63) is 34.3 Å². The van der Waals surface area contributed by atoms with E-state index in [1.165, 1.54) is 6.07 Å². The van der Waals surface area contributed by atoms with Crippen LogP contribution in [0.5, 0.6) is 0 Å². The fraction of sp³-hybridized carbons (Fsp3) is 0. The van der Waals surface area contributed by atoms with Gasteiger partial charge in [-0.25, -0.2) is 0 Å². The van der Waals surface area contributed by atoms with Crippen molar-refractivity contribution in [1.29, 1.82) is 10.5 Å². The summed E-state index contributed by atoms with van der Waals surface area (Å²) in [4.78, 5) is 0. The molecule has 0 spiro atoms. The Morgan fingerprint density at radius 2 is 2.00 bits per heavy atom. The molecule has 0 atom stereocenters. The van der Waals surface area contributed by atoms with Crippen molar-refractivity contribution in [3.63, 3.8) is 0 Å². The van der Waals surface area contributed by atoms with Crippen molar-refractivity contribution in [2.75, 3.05) is 0 Å². The Balaban J connectivity index is 3.16. The van der Waals surface area contributed by atoms with Gasteiger partial charge in [-0.1, -0.05) is 11.6 Å². The van der Waals surface area contributed by atoms with E-state index in [0.717, 1.165) is 0 Å². The molecule has 0 heterocycles. The maximum Gasteiger partial charge on any atom is 0.152 e. The van der Waals surface area contributed by atoms with E-state index in [1.807, 2.05) is 6.07 Å². The lowest BCUT2D eigenvalue weighted by molar-refractivity contribution is 1.48. The molecule has 0 radical (unpaired) electrons. The van der Waals surface area contributed by atoms with Gasteiger partial charge >= 0.3 is 0 Å². The van der Waals surface area contributed by atoms with Crippen LogP contribution in [-0.2, 0) is 0 Å². The van der Waals surface area contributed by atoms with Crippen LogP contribution in [0.25, 0.3) is 0 Å². The van der Waals surface area contributed by atoms with Gasteiger partial charge in [0, 0.05) is 11.5 Å². The molecule has 0 aliphatic rings. The summed E-state index contributed by atoms with van der Waals surface area (Å²) in [6.45, 7) is 0. The fourth-order valence-corrected chi connectivity index (χ4v) is 1.01. The summed E-state index contributed by atoms with van der Waals surface area (Å²) in [5.41, 5.74) is 1.04. The van der Waals surface area contributed by atoms with Gasteiger partial charge in [0.15, 0.2) is 6.07 Å². The summed E-state index contributed by atoms with van der Waals surface area (Å²) in [7, 11) is 0. The van der Waals surface area contributed by atoms with Crippen LogP contribution in [0.4, 0.5) is 0 Å². The van der Waals surface area contributed by atoms with Crippen molar-refractivity contribution in [2.24, 2.45) is 0 Å². The van der Waals surface area contributed by atoms with E-state index in [-0.39, 0.29) is 0 Å². The molecule has 0 saturated carbocycles. The van der Waals surface area contributed by atoms with E-state index in [1.54, 1.807) is 18.2 Å². The van der Waals surface area contributed by atoms with Crippen LogP contribution in [0.1, 0.15) is 11.1 Å². The van der Waals surface area contributed by atoms with Gasteiger partial charge in [0.2, 0.25) is 0 Å². The van der Waals surface area contributed by atoms with E-state index in [4.69, 9.17) is 22.1 Å². The molecule has 0 aliphatic carbocycles. The molecule has 0 saturated heterocycles. The van der Waals surface area contributed by atoms with Crippen molar-refractivity contribution in [3.8, 4) is 24.0 Å². The van der Waals surface area contributed by atoms with Crippen LogP contribution >= 0.6 is 11.6 Å². The minimum atomic E-state index is 0.391. The van der Waals surface area contributed by atoms with E-state index in [9.17, 15) is 0 Å². The van der Waals surface area contributed by atoms with Gasteiger partial charge < -0.3 is 0 Å². The molecule has 1 aromatic carbocycles. The SMILES string of the molecule is N#CC#Cc1ccc(C#N)cc1Cl. The van der Waals surface area contributed by atoms with Crippen LogP contribution in [0, 0.1) is 34.5 Å². The monoisotopic (exact) mass is 186 g/mol. The highest BCUT2D eigenvalue weighted by Crippen LogP contribution is 2.16. The third kappa shape index (κ3) is 2.24. The van der Waals surface area contributed by atoms with Crippen molar-refractivity contribution >= 4 is 11.6 Å². The highest BCUT2D eigenvalue weighted by atomic mass is 35.5. The zero-order valence-corrected chi connectivity index (χ0v) is 7.26. The molecule has 3 heteroatoms. The normalized spacial score (nSPS) is 7.62. The van der Waals surface area contributed by atoms with Gasteiger partial charge in [0.25, 0.3) is 0 Å². The molecule has 13 heavy (non-hydrogen) atoms. The molecule has 0 bridgehead atoms. The maximum absolute atomic E-state index is 8.53. The summed E-state index contributed by atoms with van der Waals surface area (Å²) in [5, 5.41) is 17.1. The first-order valence-corrected chi connectivity index (χ1v) is 3.75. The van der Waals surface area contributed by atoms with Crippen LogP contribution < -0.4 is 0 Å². The number of benzene rings is 1. The van der Waals surface area contributed by atoms with Gasteiger partial charge in [-0.05, 0) is 24.1 Å². The molecule has 0 fully saturated rings. The van der Waals surface area contributed by atoms with Gasteiger partial charge in [0.05, 0.1) is 16.7 Å². The Kier molecular flexibility index (Phi) is 2.93. The van der Waals surface area contributed by atoms with Gasteiger partial charge in [-0.3, -0.25) is 0 Å². The van der Waals surface area contributed by atoms with Crippen molar-refractivity contribution < 1.29 is 0 Å². The number of rotatable bonds is 0. The zero-order chi connectivity index (χ0) is 9.68. The molecule has 0 unspecified atom stereocenters. The minimum absolute atomic E-state index is 0.391. The summed E-state index contributed by atoms with van der Waals surface area (Å²) in [6.07, 6.45) is 0. The first-order chi connectivity index (χ1) is 6.27. The molecule has 1 rings (SSSR count). The number of hydrogen-bond donors (Lipinski definition) is 0. The van der Waals surface area contributed by atoms with Gasteiger partial charge in [-0.2, -0.15) is 10.5 Å². The summed E-state index contributed by atoms with van der Waals surface area (Å²) in [5.74, 6) is 4.79. The maximum atomic E-state index is 8.53. The smallest absolute Gasteiger partial charge is 0.152 e. The molecule has 0 N–H and O–H groups in total. The highest BCUT2D eigenvalue weighted by molar-refractivity contribution is 6.31. The van der Waals surface area contributed by atoms with Gasteiger partial charge in [0.1, 0.15) is 0 Å². The van der Waals surface area contributed by atoms with Crippen molar-refractivity contribution in [1.82, 2.24) is 0 Å². The Bertz CT molecular complexity index is 466. The molecular weight excluding hydrogens is 184 g/mol. The third-order valence-corrected chi connectivity index (χ3v) is 1.66. The van der Waals surface area contributed by atoms with Crippen LogP contribution in [-0.4, -0.2) is 0 Å². The summed E-state index contributed by atoms with van der Waals surface area (Å²) < 4.78 is 0. The van der Waals surface area contributed by atoms with Gasteiger partial charge in [-0.15, -0.1) is 0 Å². The average Bonchev–Trinajstić information content (AvgIpc) is 2.16. The number of nitriles is 2. The Hall–Kier alpha value is -1.95. The molecular formula is C10H3ClN2. The average molecular weight is 187 g/mol. The first-order valence-electron chi connectivity index (χ1n) is 3.37. The second-order valence-corrected chi connectivity index (χ2v) is 2.58. The first kappa shape index (κ1) is 9.14. The predicted molar refractivity (Wildman–Crippen MR) is 48.7 cm³/mol. The lowest BCUT2D eigenvalue weighted by Crippen LogP contribution is -1.79. The lowest BCUT2D eigenvalue weighted by atomic mass is 10.1. The highest BCUT2D eigenvalue weighted by Gasteiger charge is 1.97. The minimum Gasteiger partial charge on any atom is -0.192 e. The Morgan fingerprint density at radius 3 is 2.54 bits per heavy atom. The van der Waals surface area contributed by atoms with E-state index < -0.39 is 0 Å². The van der Waals surface area contributed by atoms with Crippen molar-refractivity contribution in [2.45, 2.75) is 0 Å². The number of halogens is 1. The topological polar surface area (TPSA) is 47.6 Å². The van der Waals surface area contributed by atoms with E-state index in [2.05, 4.69) is 11.8 Å². The second-order valence-electron chi connectivity index (χ2n) is 2.17. The largest absolute Gasteiger partial charge is 0.192 e. The number of hydrogen-bond acceptors (Lipinski definition) is 2. The predicted octanol–water partition coefficient (Wildman–Crippen LogP) is 2.09. The van der Waals surface area contributed by atoms with Crippen LogP contribution in [0.15, 0.2) is 18.2 Å². The zero-order valence-electron chi connectivity index (χ0n) is 6.50. The standard InChI is InChI=1S/C10H3ClN2/c11-10-6-8(7-13)3-4-9(10)2-1-5-12/h3-4,6H. The molecule has 0 aliphatic heterocycles. The van der Waals surface area contributed by atoms with E-state index >= 15 is 0 Å². The summed E-state index contributed by atoms with van der Waals surface area (Å²) >= 11 is 5.78. The Labute approximate surface area is 81.0 Å². The van der Waals surface area contributed by atoms with Crippen LogP contribution in [0.2, 0.25) is 5.02 Å². The molecule has 60 valence electrons. The molecule has 0 amide bonds. The van der Waals surface area contributed by atoms with Crippen LogP contribution in [0.3, 0.4) is 0 Å². The molecule has 0 aromatic heterocycles. The Morgan fingerprint density at radius 1 is 1.23 bits per heavy atom. The van der Waals surface area contributed by atoms with E-state index in [0.29, 0.717) is 16.1 Å².